The van der Waals surface area contributed by atoms with Gasteiger partial charge >= 0.3 is 5.97 Å². The fourth-order valence-electron chi connectivity index (χ4n) is 2.80. The lowest BCUT2D eigenvalue weighted by atomic mass is 9.98. The molecule has 0 saturated heterocycles. The smallest absolute Gasteiger partial charge is 0.374 e. The number of ether oxygens (including phenoxy) is 1. The van der Waals surface area contributed by atoms with Gasteiger partial charge in [-0.05, 0) is 36.1 Å². The third-order valence-corrected chi connectivity index (χ3v) is 4.15. The molecule has 3 rings (SSSR count). The monoisotopic (exact) mass is 351 g/mol. The van der Waals surface area contributed by atoms with Gasteiger partial charge in [-0.1, -0.05) is 50.2 Å². The van der Waals surface area contributed by atoms with Crippen molar-refractivity contribution < 1.29 is 18.7 Å². The minimum Gasteiger partial charge on any atom is -0.450 e. The number of hydrogen-bond acceptors (Lipinski definition) is 4. The molecule has 0 fully saturated rings. The van der Waals surface area contributed by atoms with Gasteiger partial charge in [0, 0.05) is 11.1 Å². The fraction of sp³-hybridized carbons (Fsp3) is 0.238. The van der Waals surface area contributed by atoms with Crippen LogP contribution in [0.3, 0.4) is 0 Å². The lowest BCUT2D eigenvalue weighted by molar-refractivity contribution is -0.119. The van der Waals surface area contributed by atoms with Crippen molar-refractivity contribution >= 4 is 28.5 Å². The molecule has 0 aliphatic rings. The maximum Gasteiger partial charge on any atom is 0.374 e. The highest BCUT2D eigenvalue weighted by molar-refractivity contribution is 5.97. The number of amides is 1. The predicted octanol–water partition coefficient (Wildman–Crippen LogP) is 4.66. The van der Waals surface area contributed by atoms with Crippen LogP contribution in [0.15, 0.2) is 52.9 Å². The van der Waals surface area contributed by atoms with Gasteiger partial charge in [-0.3, -0.25) is 4.79 Å². The minimum absolute atomic E-state index is 0.0813. The van der Waals surface area contributed by atoms with Crippen LogP contribution in [-0.2, 0) is 9.53 Å². The van der Waals surface area contributed by atoms with Crippen LogP contribution in [0, 0.1) is 6.92 Å². The van der Waals surface area contributed by atoms with Crippen LogP contribution in [0.25, 0.3) is 11.0 Å². The van der Waals surface area contributed by atoms with Gasteiger partial charge in [-0.15, -0.1) is 0 Å². The number of carbonyl (C=O) groups is 2. The SMILES string of the molecule is Cc1cccc(C(C)C)c1NC(=O)COC(=O)c1cc2ccccc2o1. The van der Waals surface area contributed by atoms with E-state index in [2.05, 4.69) is 19.2 Å². The Labute approximate surface area is 152 Å². The van der Waals surface area contributed by atoms with Crippen LogP contribution in [0.5, 0.6) is 0 Å². The molecule has 0 spiro atoms. The van der Waals surface area contributed by atoms with Crippen molar-refractivity contribution in [1.82, 2.24) is 0 Å². The Hall–Kier alpha value is -3.08. The van der Waals surface area contributed by atoms with Crippen LogP contribution in [0.2, 0.25) is 0 Å². The lowest BCUT2D eigenvalue weighted by Crippen LogP contribution is -2.22. The summed E-state index contributed by atoms with van der Waals surface area (Å²) in [6.07, 6.45) is 0. The second-order valence-corrected chi connectivity index (χ2v) is 6.47. The molecule has 5 heteroatoms. The number of hydrogen-bond donors (Lipinski definition) is 1. The molecular weight excluding hydrogens is 330 g/mol. The van der Waals surface area contributed by atoms with Gasteiger partial charge in [0.25, 0.3) is 5.91 Å². The van der Waals surface area contributed by atoms with Crippen molar-refractivity contribution in [1.29, 1.82) is 0 Å². The summed E-state index contributed by atoms with van der Waals surface area (Å²) in [4.78, 5) is 24.3. The normalized spacial score (nSPS) is 10.9. The quantitative estimate of drug-likeness (QED) is 0.679. The van der Waals surface area contributed by atoms with Crippen molar-refractivity contribution in [3.63, 3.8) is 0 Å². The second kappa shape index (κ2) is 7.44. The molecule has 0 saturated carbocycles. The maximum absolute atomic E-state index is 12.2. The zero-order chi connectivity index (χ0) is 18.7. The molecule has 0 unspecified atom stereocenters. The Morgan fingerprint density at radius 2 is 1.88 bits per heavy atom. The molecule has 0 radical (unpaired) electrons. The highest BCUT2D eigenvalue weighted by Crippen LogP contribution is 2.27. The first-order valence-corrected chi connectivity index (χ1v) is 8.50. The molecule has 1 N–H and O–H groups in total. The summed E-state index contributed by atoms with van der Waals surface area (Å²) in [6.45, 7) is 5.68. The van der Waals surface area contributed by atoms with E-state index >= 15 is 0 Å². The molecule has 1 amide bonds. The van der Waals surface area contributed by atoms with E-state index in [9.17, 15) is 9.59 Å². The Kier molecular flexibility index (Phi) is 5.07. The second-order valence-electron chi connectivity index (χ2n) is 6.47. The summed E-state index contributed by atoms with van der Waals surface area (Å²) >= 11 is 0. The third-order valence-electron chi connectivity index (χ3n) is 4.15. The van der Waals surface area contributed by atoms with Gasteiger partial charge in [0.1, 0.15) is 5.58 Å². The summed E-state index contributed by atoms with van der Waals surface area (Å²) in [6, 6.07) is 14.8. The van der Waals surface area contributed by atoms with Crippen molar-refractivity contribution in [3.05, 3.63) is 65.4 Å². The van der Waals surface area contributed by atoms with E-state index in [1.165, 1.54) is 0 Å². The van der Waals surface area contributed by atoms with Crippen LogP contribution in [-0.4, -0.2) is 18.5 Å². The van der Waals surface area contributed by atoms with Crippen LogP contribution >= 0.6 is 0 Å². The van der Waals surface area contributed by atoms with Gasteiger partial charge in [0.05, 0.1) is 0 Å². The largest absolute Gasteiger partial charge is 0.450 e. The van der Waals surface area contributed by atoms with E-state index < -0.39 is 5.97 Å². The number of furan rings is 1. The first-order valence-electron chi connectivity index (χ1n) is 8.50. The standard InChI is InChI=1S/C21H21NO4/c1-13(2)16-9-6-7-14(3)20(16)22-19(23)12-25-21(24)18-11-15-8-4-5-10-17(15)26-18/h4-11,13H,12H2,1-3H3,(H,22,23). The van der Waals surface area contributed by atoms with Gasteiger partial charge in [-0.25, -0.2) is 4.79 Å². The summed E-state index contributed by atoms with van der Waals surface area (Å²) in [5, 5.41) is 3.66. The predicted molar refractivity (Wildman–Crippen MR) is 100 cm³/mol. The fourth-order valence-corrected chi connectivity index (χ4v) is 2.80. The van der Waals surface area contributed by atoms with Gasteiger partial charge < -0.3 is 14.5 Å². The average Bonchev–Trinajstić information content (AvgIpc) is 3.05. The Bertz CT molecular complexity index is 923. The Morgan fingerprint density at radius 1 is 1.12 bits per heavy atom. The number of nitrogens with one attached hydrogen (secondary N) is 1. The van der Waals surface area contributed by atoms with E-state index in [0.717, 1.165) is 22.2 Å². The highest BCUT2D eigenvalue weighted by atomic mass is 16.5. The van der Waals surface area contributed by atoms with Crippen LogP contribution < -0.4 is 5.32 Å². The van der Waals surface area contributed by atoms with E-state index in [1.54, 1.807) is 12.1 Å². The van der Waals surface area contributed by atoms with Crippen molar-refractivity contribution in [2.24, 2.45) is 0 Å². The molecule has 0 aliphatic heterocycles. The summed E-state index contributed by atoms with van der Waals surface area (Å²) in [7, 11) is 0. The summed E-state index contributed by atoms with van der Waals surface area (Å²) in [5.74, 6) is -0.697. The molecule has 0 bridgehead atoms. The van der Waals surface area contributed by atoms with Crippen LogP contribution in [0.4, 0.5) is 5.69 Å². The van der Waals surface area contributed by atoms with Crippen molar-refractivity contribution in [3.8, 4) is 0 Å². The number of esters is 1. The van der Waals surface area contributed by atoms with E-state index in [1.807, 2.05) is 43.3 Å². The van der Waals surface area contributed by atoms with Crippen molar-refractivity contribution in [2.75, 3.05) is 11.9 Å². The summed E-state index contributed by atoms with van der Waals surface area (Å²) < 4.78 is 10.5. The number of aryl methyl sites for hydroxylation is 1. The number of carbonyl (C=O) groups excluding carboxylic acids is 2. The number of rotatable bonds is 5. The minimum atomic E-state index is -0.662. The zero-order valence-corrected chi connectivity index (χ0v) is 15.0. The molecule has 0 atom stereocenters. The molecule has 0 aliphatic carbocycles. The van der Waals surface area contributed by atoms with E-state index in [-0.39, 0.29) is 24.2 Å². The molecule has 5 nitrogen and oxygen atoms in total. The number of para-hydroxylation sites is 2. The highest BCUT2D eigenvalue weighted by Gasteiger charge is 2.17. The van der Waals surface area contributed by atoms with E-state index in [0.29, 0.717) is 5.58 Å². The lowest BCUT2D eigenvalue weighted by Gasteiger charge is -2.16. The number of anilines is 1. The average molecular weight is 351 g/mol. The molecule has 2 aromatic carbocycles. The zero-order valence-electron chi connectivity index (χ0n) is 15.0. The number of benzene rings is 2. The van der Waals surface area contributed by atoms with Gasteiger partial charge in [-0.2, -0.15) is 0 Å². The Morgan fingerprint density at radius 3 is 2.62 bits per heavy atom. The van der Waals surface area contributed by atoms with Gasteiger partial charge in [0.2, 0.25) is 5.76 Å². The van der Waals surface area contributed by atoms with Gasteiger partial charge in [0.15, 0.2) is 6.61 Å². The molecule has 1 aromatic heterocycles. The first-order chi connectivity index (χ1) is 12.5. The van der Waals surface area contributed by atoms with E-state index in [4.69, 9.17) is 9.15 Å². The topological polar surface area (TPSA) is 68.5 Å². The Balaban J connectivity index is 1.65. The first kappa shape index (κ1) is 17.7. The maximum atomic E-state index is 12.2. The van der Waals surface area contributed by atoms with Crippen molar-refractivity contribution in [2.45, 2.75) is 26.7 Å². The molecular formula is C21H21NO4. The van der Waals surface area contributed by atoms with Crippen LogP contribution in [0.1, 0.15) is 41.4 Å². The molecule has 3 aromatic rings. The number of fused-ring (bicyclic) bond motifs is 1. The summed E-state index contributed by atoms with van der Waals surface area (Å²) in [5.41, 5.74) is 3.38. The third kappa shape index (κ3) is 3.77. The molecule has 134 valence electrons. The molecule has 26 heavy (non-hydrogen) atoms. The molecule has 1 heterocycles.